The molecule has 4 nitrogen and oxygen atoms in total. The number of halogens is 1. The molecule has 0 aliphatic carbocycles. The van der Waals surface area contributed by atoms with Crippen LogP contribution in [0.4, 0.5) is 16.2 Å². The summed E-state index contributed by atoms with van der Waals surface area (Å²) >= 11 is 0. The van der Waals surface area contributed by atoms with Crippen molar-refractivity contribution in [2.24, 2.45) is 5.92 Å². The van der Waals surface area contributed by atoms with E-state index >= 15 is 0 Å². The Balaban J connectivity index is 3.05. The first kappa shape index (κ1) is 14.7. The van der Waals surface area contributed by atoms with Crippen LogP contribution in [-0.2, 0) is 0 Å². The first-order valence-corrected chi connectivity index (χ1v) is 6.48. The second-order valence-corrected chi connectivity index (χ2v) is 5.04. The van der Waals surface area contributed by atoms with Crippen molar-refractivity contribution in [2.45, 2.75) is 40.7 Å². The van der Waals surface area contributed by atoms with Crippen LogP contribution in [0.25, 0.3) is 0 Å². The summed E-state index contributed by atoms with van der Waals surface area (Å²) in [6.07, 6.45) is 1.23. The zero-order chi connectivity index (χ0) is 13.7. The maximum atomic E-state index is 13.9. The highest BCUT2D eigenvalue weighted by molar-refractivity contribution is 5.44. The third-order valence-corrected chi connectivity index (χ3v) is 2.52. The van der Waals surface area contributed by atoms with Crippen molar-refractivity contribution in [3.8, 4) is 0 Å². The monoisotopic (exact) mass is 254 g/mol. The highest BCUT2D eigenvalue weighted by atomic mass is 19.1. The Labute approximate surface area is 109 Å². The molecule has 0 atom stereocenters. The summed E-state index contributed by atoms with van der Waals surface area (Å²) in [7, 11) is 0. The van der Waals surface area contributed by atoms with E-state index in [1.54, 1.807) is 0 Å². The van der Waals surface area contributed by atoms with E-state index in [2.05, 4.69) is 29.1 Å². The molecular weight excluding hydrogens is 231 g/mol. The molecule has 102 valence electrons. The third-order valence-electron chi connectivity index (χ3n) is 2.52. The number of aromatic nitrogens is 2. The Bertz CT molecular complexity index is 379. The van der Waals surface area contributed by atoms with Crippen LogP contribution in [0.5, 0.6) is 0 Å². The minimum Gasteiger partial charge on any atom is -0.354 e. The van der Waals surface area contributed by atoms with E-state index in [-0.39, 0.29) is 11.9 Å². The van der Waals surface area contributed by atoms with Gasteiger partial charge in [-0.1, -0.05) is 13.8 Å². The van der Waals surface area contributed by atoms with Crippen LogP contribution >= 0.6 is 0 Å². The Kier molecular flexibility index (Phi) is 5.31. The average Bonchev–Trinajstić information content (AvgIpc) is 2.28. The number of anilines is 2. The molecule has 0 aliphatic rings. The van der Waals surface area contributed by atoms with E-state index < -0.39 is 0 Å². The lowest BCUT2D eigenvalue weighted by atomic mass is 10.2. The Morgan fingerprint density at radius 1 is 1.33 bits per heavy atom. The summed E-state index contributed by atoms with van der Waals surface area (Å²) in [5.74, 6) is 0.934. The lowest BCUT2D eigenvalue weighted by Crippen LogP contribution is -2.35. The van der Waals surface area contributed by atoms with Crippen LogP contribution < -0.4 is 10.2 Å². The highest BCUT2D eigenvalue weighted by Gasteiger charge is 2.18. The van der Waals surface area contributed by atoms with Gasteiger partial charge < -0.3 is 10.2 Å². The highest BCUT2D eigenvalue weighted by Crippen LogP contribution is 2.20. The molecule has 0 bridgehead atoms. The Morgan fingerprint density at radius 2 is 2.00 bits per heavy atom. The van der Waals surface area contributed by atoms with Gasteiger partial charge in [0.2, 0.25) is 5.95 Å². The molecule has 1 aromatic rings. The predicted octanol–water partition coefficient (Wildman–Crippen LogP) is 2.92. The van der Waals surface area contributed by atoms with Gasteiger partial charge in [0.15, 0.2) is 11.6 Å². The second kappa shape index (κ2) is 6.52. The third kappa shape index (κ3) is 3.82. The summed E-state index contributed by atoms with van der Waals surface area (Å²) in [6.45, 7) is 11.8. The Hall–Kier alpha value is -1.39. The molecule has 1 heterocycles. The molecule has 0 spiro atoms. The lowest BCUT2D eigenvalue weighted by Gasteiger charge is -2.29. The van der Waals surface area contributed by atoms with Gasteiger partial charge in [0.05, 0.1) is 6.20 Å². The van der Waals surface area contributed by atoms with Crippen LogP contribution in [0.2, 0.25) is 0 Å². The molecule has 5 heteroatoms. The van der Waals surface area contributed by atoms with Gasteiger partial charge in [0.1, 0.15) is 0 Å². The normalized spacial score (nSPS) is 11.1. The molecular formula is C13H23FN4. The summed E-state index contributed by atoms with van der Waals surface area (Å²) in [5, 5.41) is 3.01. The van der Waals surface area contributed by atoms with Crippen molar-refractivity contribution in [3.05, 3.63) is 12.0 Å². The smallest absolute Gasteiger partial charge is 0.224 e. The van der Waals surface area contributed by atoms with Gasteiger partial charge in [0.25, 0.3) is 0 Å². The van der Waals surface area contributed by atoms with Crippen LogP contribution in [0.3, 0.4) is 0 Å². The standard InChI is InChI=1S/C13H23FN4/c1-6-15-13-16-7-11(14)12(17-13)18(10(4)5)8-9(2)3/h7,9-10H,6,8H2,1-5H3,(H,15,16,17). The van der Waals surface area contributed by atoms with Crippen molar-refractivity contribution in [1.29, 1.82) is 0 Å². The maximum absolute atomic E-state index is 13.9. The number of rotatable bonds is 6. The molecule has 1 rings (SSSR count). The quantitative estimate of drug-likeness (QED) is 0.847. The van der Waals surface area contributed by atoms with E-state index in [0.717, 1.165) is 13.1 Å². The fourth-order valence-electron chi connectivity index (χ4n) is 1.74. The Morgan fingerprint density at radius 3 is 2.50 bits per heavy atom. The zero-order valence-corrected chi connectivity index (χ0v) is 11.9. The van der Waals surface area contributed by atoms with Gasteiger partial charge in [-0.05, 0) is 26.7 Å². The summed E-state index contributed by atoms with van der Waals surface area (Å²) in [6, 6.07) is 0.200. The van der Waals surface area contributed by atoms with Gasteiger partial charge in [0, 0.05) is 19.1 Å². The number of nitrogens with one attached hydrogen (secondary N) is 1. The van der Waals surface area contributed by atoms with Gasteiger partial charge in [-0.15, -0.1) is 0 Å². The van der Waals surface area contributed by atoms with Gasteiger partial charge >= 0.3 is 0 Å². The molecule has 0 saturated heterocycles. The van der Waals surface area contributed by atoms with E-state index in [4.69, 9.17) is 0 Å². The SMILES string of the molecule is CCNc1ncc(F)c(N(CC(C)C)C(C)C)n1. The number of hydrogen-bond donors (Lipinski definition) is 1. The van der Waals surface area contributed by atoms with Crippen molar-refractivity contribution in [1.82, 2.24) is 9.97 Å². The van der Waals surface area contributed by atoms with E-state index in [1.807, 2.05) is 25.7 Å². The van der Waals surface area contributed by atoms with Gasteiger partial charge in [-0.25, -0.2) is 9.37 Å². The summed E-state index contributed by atoms with van der Waals surface area (Å²) in [4.78, 5) is 10.2. The molecule has 0 saturated carbocycles. The fraction of sp³-hybridized carbons (Fsp3) is 0.692. The first-order valence-electron chi connectivity index (χ1n) is 6.48. The van der Waals surface area contributed by atoms with E-state index in [9.17, 15) is 4.39 Å². The largest absolute Gasteiger partial charge is 0.354 e. The second-order valence-electron chi connectivity index (χ2n) is 5.04. The van der Waals surface area contributed by atoms with Crippen molar-refractivity contribution in [2.75, 3.05) is 23.3 Å². The van der Waals surface area contributed by atoms with Gasteiger partial charge in [-0.2, -0.15) is 4.98 Å². The molecule has 1 aromatic heterocycles. The van der Waals surface area contributed by atoms with Crippen LogP contribution in [-0.4, -0.2) is 29.1 Å². The number of nitrogens with zero attached hydrogens (tertiary/aromatic N) is 3. The average molecular weight is 254 g/mol. The van der Waals surface area contributed by atoms with E-state index in [0.29, 0.717) is 17.7 Å². The predicted molar refractivity (Wildman–Crippen MR) is 73.5 cm³/mol. The topological polar surface area (TPSA) is 41.1 Å². The molecule has 1 N–H and O–H groups in total. The minimum absolute atomic E-state index is 0.200. The van der Waals surface area contributed by atoms with Crippen molar-refractivity contribution in [3.63, 3.8) is 0 Å². The first-order chi connectivity index (χ1) is 8.45. The molecule has 0 radical (unpaired) electrons. The molecule has 0 aliphatic heterocycles. The molecule has 0 fully saturated rings. The van der Waals surface area contributed by atoms with Crippen molar-refractivity contribution >= 4 is 11.8 Å². The summed E-state index contributed by atoms with van der Waals surface area (Å²) < 4.78 is 13.9. The molecule has 0 unspecified atom stereocenters. The number of hydrogen-bond acceptors (Lipinski definition) is 4. The minimum atomic E-state index is -0.369. The zero-order valence-electron chi connectivity index (χ0n) is 11.9. The maximum Gasteiger partial charge on any atom is 0.224 e. The van der Waals surface area contributed by atoms with Crippen LogP contribution in [0.1, 0.15) is 34.6 Å². The van der Waals surface area contributed by atoms with Crippen LogP contribution in [0, 0.1) is 11.7 Å². The fourth-order valence-corrected chi connectivity index (χ4v) is 1.74. The van der Waals surface area contributed by atoms with Crippen LogP contribution in [0.15, 0.2) is 6.20 Å². The molecule has 18 heavy (non-hydrogen) atoms. The van der Waals surface area contributed by atoms with Gasteiger partial charge in [-0.3, -0.25) is 0 Å². The summed E-state index contributed by atoms with van der Waals surface area (Å²) in [5.41, 5.74) is 0. The lowest BCUT2D eigenvalue weighted by molar-refractivity contribution is 0.539. The van der Waals surface area contributed by atoms with E-state index in [1.165, 1.54) is 6.20 Å². The van der Waals surface area contributed by atoms with Crippen molar-refractivity contribution < 1.29 is 4.39 Å². The molecule has 0 amide bonds. The molecule has 0 aromatic carbocycles.